The topological polar surface area (TPSA) is 29.5 Å². The fourth-order valence-electron chi connectivity index (χ4n) is 2.75. The quantitative estimate of drug-likeness (QED) is 0.764. The van der Waals surface area contributed by atoms with Gasteiger partial charge in [-0.15, -0.1) is 11.8 Å². The number of rotatable bonds is 5. The van der Waals surface area contributed by atoms with Crippen LogP contribution < -0.4 is 0 Å². The van der Waals surface area contributed by atoms with Crippen molar-refractivity contribution in [3.05, 3.63) is 71.3 Å². The predicted molar refractivity (Wildman–Crippen MR) is 94.5 cm³/mol. The SMILES string of the molecule is O=C(COCc1ccccc1)N1CCS[C@@H]1c1ccc(C(F)(F)F)cc1. The number of carbonyl (C=O) groups excluding carboxylic acids is 1. The van der Waals surface area contributed by atoms with Crippen molar-refractivity contribution in [3.63, 3.8) is 0 Å². The van der Waals surface area contributed by atoms with Crippen LogP contribution in [-0.4, -0.2) is 29.7 Å². The Morgan fingerprint density at radius 3 is 2.46 bits per heavy atom. The van der Waals surface area contributed by atoms with Crippen LogP contribution in [-0.2, 0) is 22.3 Å². The zero-order chi connectivity index (χ0) is 18.6. The lowest BCUT2D eigenvalue weighted by molar-refractivity contribution is -0.138. The van der Waals surface area contributed by atoms with E-state index in [1.807, 2.05) is 30.3 Å². The Morgan fingerprint density at radius 2 is 1.81 bits per heavy atom. The lowest BCUT2D eigenvalue weighted by atomic mass is 10.1. The van der Waals surface area contributed by atoms with Crippen LogP contribution in [0.25, 0.3) is 0 Å². The molecular formula is C19H18F3NO2S. The minimum absolute atomic E-state index is 0.0490. The van der Waals surface area contributed by atoms with Crippen molar-refractivity contribution in [2.45, 2.75) is 18.2 Å². The lowest BCUT2D eigenvalue weighted by Gasteiger charge is -2.24. The molecule has 3 rings (SSSR count). The van der Waals surface area contributed by atoms with Crippen LogP contribution in [0, 0.1) is 0 Å². The number of nitrogens with zero attached hydrogens (tertiary/aromatic N) is 1. The summed E-state index contributed by atoms with van der Waals surface area (Å²) in [6, 6.07) is 14.5. The summed E-state index contributed by atoms with van der Waals surface area (Å²) in [6.45, 7) is 0.856. The molecule has 0 aromatic heterocycles. The van der Waals surface area contributed by atoms with Crippen molar-refractivity contribution in [2.24, 2.45) is 0 Å². The van der Waals surface area contributed by atoms with E-state index in [1.165, 1.54) is 12.1 Å². The zero-order valence-electron chi connectivity index (χ0n) is 13.9. The van der Waals surface area contributed by atoms with E-state index in [0.29, 0.717) is 18.7 Å². The molecule has 1 heterocycles. The number of alkyl halides is 3. The third-order valence-electron chi connectivity index (χ3n) is 4.07. The van der Waals surface area contributed by atoms with Crippen molar-refractivity contribution in [2.75, 3.05) is 18.9 Å². The first kappa shape index (κ1) is 18.8. The van der Waals surface area contributed by atoms with Gasteiger partial charge in [-0.1, -0.05) is 42.5 Å². The first-order valence-electron chi connectivity index (χ1n) is 8.15. The Kier molecular flexibility index (Phi) is 5.88. The third kappa shape index (κ3) is 4.59. The Balaban J connectivity index is 1.59. The van der Waals surface area contributed by atoms with E-state index in [0.717, 1.165) is 23.4 Å². The zero-order valence-corrected chi connectivity index (χ0v) is 14.7. The average molecular weight is 381 g/mol. The van der Waals surface area contributed by atoms with Crippen LogP contribution in [0.3, 0.4) is 0 Å². The van der Waals surface area contributed by atoms with Crippen LogP contribution in [0.4, 0.5) is 13.2 Å². The molecule has 0 N–H and O–H groups in total. The van der Waals surface area contributed by atoms with Gasteiger partial charge in [0, 0.05) is 12.3 Å². The van der Waals surface area contributed by atoms with Crippen molar-refractivity contribution < 1.29 is 22.7 Å². The first-order valence-corrected chi connectivity index (χ1v) is 9.20. The second-order valence-corrected chi connectivity index (χ2v) is 7.10. The summed E-state index contributed by atoms with van der Waals surface area (Å²) in [4.78, 5) is 14.1. The summed E-state index contributed by atoms with van der Waals surface area (Å²) in [5, 5.41) is -0.273. The molecule has 138 valence electrons. The minimum Gasteiger partial charge on any atom is -0.367 e. The highest BCUT2D eigenvalue weighted by atomic mass is 32.2. The van der Waals surface area contributed by atoms with Crippen LogP contribution >= 0.6 is 11.8 Å². The van der Waals surface area contributed by atoms with Crippen molar-refractivity contribution in [3.8, 4) is 0 Å². The molecule has 1 aliphatic heterocycles. The Labute approximate surface area is 154 Å². The Morgan fingerprint density at radius 1 is 1.12 bits per heavy atom. The van der Waals surface area contributed by atoms with Gasteiger partial charge in [-0.05, 0) is 23.3 Å². The Hall–Kier alpha value is -1.99. The first-order chi connectivity index (χ1) is 12.4. The fourth-order valence-corrected chi connectivity index (χ4v) is 4.03. The number of benzene rings is 2. The maximum absolute atomic E-state index is 12.7. The van der Waals surface area contributed by atoms with Gasteiger partial charge in [0.25, 0.3) is 0 Å². The highest BCUT2D eigenvalue weighted by molar-refractivity contribution is 7.99. The molecule has 3 nitrogen and oxygen atoms in total. The number of hydrogen-bond donors (Lipinski definition) is 0. The summed E-state index contributed by atoms with van der Waals surface area (Å²) in [6.07, 6.45) is -4.36. The molecule has 0 saturated carbocycles. The van der Waals surface area contributed by atoms with Crippen LogP contribution in [0.5, 0.6) is 0 Å². The van der Waals surface area contributed by atoms with E-state index >= 15 is 0 Å². The van der Waals surface area contributed by atoms with Crippen molar-refractivity contribution in [1.82, 2.24) is 4.90 Å². The average Bonchev–Trinajstić information content (AvgIpc) is 3.12. The van der Waals surface area contributed by atoms with Gasteiger partial charge in [-0.3, -0.25) is 4.79 Å². The third-order valence-corrected chi connectivity index (χ3v) is 5.33. The van der Waals surface area contributed by atoms with Crippen molar-refractivity contribution >= 4 is 17.7 Å². The predicted octanol–water partition coefficient (Wildman–Crippen LogP) is 4.50. The number of halogens is 3. The van der Waals surface area contributed by atoms with Gasteiger partial charge >= 0.3 is 6.18 Å². The molecule has 1 saturated heterocycles. The molecule has 1 amide bonds. The molecule has 0 radical (unpaired) electrons. The number of ether oxygens (including phenoxy) is 1. The van der Waals surface area contributed by atoms with Gasteiger partial charge < -0.3 is 9.64 Å². The number of amides is 1. The highest BCUT2D eigenvalue weighted by Gasteiger charge is 2.33. The lowest BCUT2D eigenvalue weighted by Crippen LogP contribution is -2.33. The van der Waals surface area contributed by atoms with E-state index in [9.17, 15) is 18.0 Å². The summed E-state index contributed by atoms with van der Waals surface area (Å²) in [5.74, 6) is 0.590. The molecule has 7 heteroatoms. The van der Waals surface area contributed by atoms with Gasteiger partial charge in [0.05, 0.1) is 12.2 Å². The van der Waals surface area contributed by atoms with E-state index in [4.69, 9.17) is 4.74 Å². The molecule has 2 aromatic carbocycles. The summed E-state index contributed by atoms with van der Waals surface area (Å²) in [7, 11) is 0. The normalized spacial score (nSPS) is 17.5. The Bertz CT molecular complexity index is 735. The standard InChI is InChI=1S/C19H18F3NO2S/c20-19(21,22)16-8-6-15(7-9-16)18-23(10-11-26-18)17(24)13-25-12-14-4-2-1-3-5-14/h1-9,18H,10-13H2/t18-/m1/s1. The molecule has 1 atom stereocenters. The molecule has 2 aromatic rings. The number of carbonyl (C=O) groups is 1. The van der Waals surface area contributed by atoms with Gasteiger partial charge in [-0.25, -0.2) is 0 Å². The van der Waals surface area contributed by atoms with Gasteiger partial charge in [0.1, 0.15) is 12.0 Å². The maximum atomic E-state index is 12.7. The second kappa shape index (κ2) is 8.14. The van der Waals surface area contributed by atoms with E-state index in [1.54, 1.807) is 16.7 Å². The molecular weight excluding hydrogens is 363 g/mol. The van der Waals surface area contributed by atoms with E-state index in [2.05, 4.69) is 0 Å². The number of thioether (sulfide) groups is 1. The molecule has 0 bridgehead atoms. The van der Waals surface area contributed by atoms with Crippen LogP contribution in [0.2, 0.25) is 0 Å². The fraction of sp³-hybridized carbons (Fsp3) is 0.316. The smallest absolute Gasteiger partial charge is 0.367 e. The van der Waals surface area contributed by atoms with Crippen LogP contribution in [0.1, 0.15) is 22.1 Å². The van der Waals surface area contributed by atoms with Crippen molar-refractivity contribution in [1.29, 1.82) is 0 Å². The summed E-state index contributed by atoms with van der Waals surface area (Å²) < 4.78 is 43.6. The monoisotopic (exact) mass is 381 g/mol. The summed E-state index contributed by atoms with van der Waals surface area (Å²) in [5.41, 5.74) is 0.987. The van der Waals surface area contributed by atoms with Gasteiger partial charge in [0.15, 0.2) is 0 Å². The minimum atomic E-state index is -4.36. The second-order valence-electron chi connectivity index (χ2n) is 5.91. The van der Waals surface area contributed by atoms with E-state index < -0.39 is 11.7 Å². The molecule has 1 aliphatic rings. The van der Waals surface area contributed by atoms with Crippen LogP contribution in [0.15, 0.2) is 54.6 Å². The summed E-state index contributed by atoms with van der Waals surface area (Å²) >= 11 is 1.54. The molecule has 0 aliphatic carbocycles. The molecule has 1 fully saturated rings. The van der Waals surface area contributed by atoms with Gasteiger partial charge in [-0.2, -0.15) is 13.2 Å². The van der Waals surface area contributed by atoms with E-state index in [-0.39, 0.29) is 17.9 Å². The number of hydrogen-bond acceptors (Lipinski definition) is 3. The molecule has 26 heavy (non-hydrogen) atoms. The molecule has 0 spiro atoms. The highest BCUT2D eigenvalue weighted by Crippen LogP contribution is 2.39. The maximum Gasteiger partial charge on any atom is 0.416 e. The molecule has 0 unspecified atom stereocenters. The van der Waals surface area contributed by atoms with Gasteiger partial charge in [0.2, 0.25) is 5.91 Å². The largest absolute Gasteiger partial charge is 0.416 e.